The molecule has 1 aliphatic rings. The Bertz CT molecular complexity index is 1100. The number of rotatable bonds is 4. The highest BCUT2D eigenvalue weighted by Gasteiger charge is 2.47. The van der Waals surface area contributed by atoms with E-state index in [1.165, 1.54) is 27.8 Å². The SMILES string of the molecule is C=C(C)/C(=C\C=C(/C)N)C1(c2ccc(N)cc2)c2ccccc2-c2ccccc21. The predicted octanol–water partition coefficient (Wildman–Crippen LogP) is 5.95. The second kappa shape index (κ2) is 7.14. The van der Waals surface area contributed by atoms with Gasteiger partial charge in [0, 0.05) is 11.4 Å². The molecule has 0 heterocycles. The number of fused-ring (bicyclic) bond motifs is 3. The van der Waals surface area contributed by atoms with Crippen molar-refractivity contribution >= 4 is 5.69 Å². The quantitative estimate of drug-likeness (QED) is 0.435. The predicted molar refractivity (Wildman–Crippen MR) is 123 cm³/mol. The average molecular weight is 379 g/mol. The van der Waals surface area contributed by atoms with Crippen molar-refractivity contribution in [2.45, 2.75) is 19.3 Å². The number of allylic oxidation sites excluding steroid dienone is 5. The number of hydrogen-bond donors (Lipinski definition) is 2. The molecule has 0 aliphatic heterocycles. The molecule has 29 heavy (non-hydrogen) atoms. The molecular formula is C27H26N2. The fourth-order valence-electron chi connectivity index (χ4n) is 4.53. The zero-order chi connectivity index (χ0) is 20.6. The molecule has 0 saturated carbocycles. The van der Waals surface area contributed by atoms with Crippen LogP contribution in [0.5, 0.6) is 0 Å². The van der Waals surface area contributed by atoms with Crippen LogP contribution in [0.2, 0.25) is 0 Å². The molecule has 0 spiro atoms. The molecule has 4 N–H and O–H groups in total. The Morgan fingerprint density at radius 2 is 1.31 bits per heavy atom. The zero-order valence-corrected chi connectivity index (χ0v) is 16.9. The van der Waals surface area contributed by atoms with Crippen molar-refractivity contribution in [3.63, 3.8) is 0 Å². The van der Waals surface area contributed by atoms with Crippen molar-refractivity contribution in [2.24, 2.45) is 5.73 Å². The Morgan fingerprint density at radius 3 is 1.79 bits per heavy atom. The molecule has 3 aromatic rings. The highest BCUT2D eigenvalue weighted by Crippen LogP contribution is 2.57. The van der Waals surface area contributed by atoms with Gasteiger partial charge in [-0.2, -0.15) is 0 Å². The summed E-state index contributed by atoms with van der Waals surface area (Å²) in [5.41, 5.74) is 21.4. The zero-order valence-electron chi connectivity index (χ0n) is 16.9. The van der Waals surface area contributed by atoms with Crippen LogP contribution in [0, 0.1) is 0 Å². The maximum atomic E-state index is 6.03. The molecule has 0 atom stereocenters. The summed E-state index contributed by atoms with van der Waals surface area (Å²) in [6, 6.07) is 25.5. The Balaban J connectivity index is 2.19. The van der Waals surface area contributed by atoms with E-state index in [9.17, 15) is 0 Å². The fraction of sp³-hybridized carbons (Fsp3) is 0.111. The van der Waals surface area contributed by atoms with Crippen LogP contribution in [0.1, 0.15) is 30.5 Å². The smallest absolute Gasteiger partial charge is 0.0715 e. The molecule has 2 heteroatoms. The van der Waals surface area contributed by atoms with Gasteiger partial charge in [0.15, 0.2) is 0 Å². The van der Waals surface area contributed by atoms with E-state index in [1.54, 1.807) is 0 Å². The van der Waals surface area contributed by atoms with Gasteiger partial charge in [-0.25, -0.2) is 0 Å². The standard InChI is InChI=1S/C27H26N2/c1-18(2)24(17-12-19(3)28)27(20-13-15-21(29)16-14-20)25-10-6-4-8-22(25)23-9-5-7-11-26(23)27/h4-17H,1,28-29H2,2-3H3/b19-12+,24-17+. The minimum atomic E-state index is -0.474. The monoisotopic (exact) mass is 378 g/mol. The van der Waals surface area contributed by atoms with Crippen molar-refractivity contribution in [3.8, 4) is 11.1 Å². The number of benzene rings is 3. The van der Waals surface area contributed by atoms with E-state index in [0.717, 1.165) is 22.5 Å². The molecule has 144 valence electrons. The maximum absolute atomic E-state index is 6.03. The van der Waals surface area contributed by atoms with Crippen molar-refractivity contribution in [1.82, 2.24) is 0 Å². The van der Waals surface area contributed by atoms with E-state index in [-0.39, 0.29) is 0 Å². The molecular weight excluding hydrogens is 352 g/mol. The summed E-state index contributed by atoms with van der Waals surface area (Å²) in [5, 5.41) is 0. The van der Waals surface area contributed by atoms with Crippen LogP contribution in [0.25, 0.3) is 11.1 Å². The summed E-state index contributed by atoms with van der Waals surface area (Å²) in [6.45, 7) is 8.31. The molecule has 0 unspecified atom stereocenters. The Kier molecular flexibility index (Phi) is 4.63. The molecule has 0 saturated heterocycles. The first-order chi connectivity index (χ1) is 14.0. The van der Waals surface area contributed by atoms with E-state index in [0.29, 0.717) is 0 Å². The van der Waals surface area contributed by atoms with Gasteiger partial charge in [-0.15, -0.1) is 0 Å². The van der Waals surface area contributed by atoms with Gasteiger partial charge in [0.1, 0.15) is 0 Å². The van der Waals surface area contributed by atoms with Crippen molar-refractivity contribution in [1.29, 1.82) is 0 Å². The van der Waals surface area contributed by atoms with E-state index < -0.39 is 5.41 Å². The van der Waals surface area contributed by atoms with Gasteiger partial charge in [0.2, 0.25) is 0 Å². The summed E-state index contributed by atoms with van der Waals surface area (Å²) in [4.78, 5) is 0. The van der Waals surface area contributed by atoms with Crippen LogP contribution in [0.4, 0.5) is 5.69 Å². The summed E-state index contributed by atoms with van der Waals surface area (Å²) in [5.74, 6) is 0. The van der Waals surface area contributed by atoms with Crippen LogP contribution < -0.4 is 11.5 Å². The van der Waals surface area contributed by atoms with E-state index in [4.69, 9.17) is 11.5 Å². The Labute approximate surface area is 172 Å². The van der Waals surface area contributed by atoms with Crippen LogP contribution in [0.3, 0.4) is 0 Å². The summed E-state index contributed by atoms with van der Waals surface area (Å²) < 4.78 is 0. The minimum Gasteiger partial charge on any atom is -0.402 e. The van der Waals surface area contributed by atoms with Crippen molar-refractivity contribution < 1.29 is 0 Å². The lowest BCUT2D eigenvalue weighted by Gasteiger charge is -2.36. The summed E-state index contributed by atoms with van der Waals surface area (Å²) in [7, 11) is 0. The lowest BCUT2D eigenvalue weighted by Crippen LogP contribution is -2.30. The molecule has 2 nitrogen and oxygen atoms in total. The lowest BCUT2D eigenvalue weighted by molar-refractivity contribution is 0.755. The summed E-state index contributed by atoms with van der Waals surface area (Å²) in [6.07, 6.45) is 4.08. The molecule has 0 bridgehead atoms. The lowest BCUT2D eigenvalue weighted by atomic mass is 9.65. The Morgan fingerprint density at radius 1 is 0.793 bits per heavy atom. The fourth-order valence-corrected chi connectivity index (χ4v) is 4.53. The van der Waals surface area contributed by atoms with Gasteiger partial charge in [0.05, 0.1) is 5.41 Å². The third-order valence-corrected chi connectivity index (χ3v) is 5.67. The van der Waals surface area contributed by atoms with Crippen LogP contribution >= 0.6 is 0 Å². The molecule has 3 aromatic carbocycles. The van der Waals surface area contributed by atoms with E-state index in [1.807, 2.05) is 25.1 Å². The van der Waals surface area contributed by atoms with Gasteiger partial charge in [0.25, 0.3) is 0 Å². The second-order valence-electron chi connectivity index (χ2n) is 7.73. The number of anilines is 1. The average Bonchev–Trinajstić information content (AvgIpc) is 3.00. The first-order valence-corrected chi connectivity index (χ1v) is 9.82. The summed E-state index contributed by atoms with van der Waals surface area (Å²) >= 11 is 0. The van der Waals surface area contributed by atoms with Crippen LogP contribution in [0.15, 0.2) is 108 Å². The minimum absolute atomic E-state index is 0.474. The van der Waals surface area contributed by atoms with E-state index in [2.05, 4.69) is 80.2 Å². The number of nitrogens with two attached hydrogens (primary N) is 2. The van der Waals surface area contributed by atoms with Gasteiger partial charge < -0.3 is 11.5 Å². The largest absolute Gasteiger partial charge is 0.402 e. The van der Waals surface area contributed by atoms with Gasteiger partial charge in [-0.05, 0) is 65.4 Å². The normalized spacial score (nSPS) is 15.0. The maximum Gasteiger partial charge on any atom is 0.0715 e. The van der Waals surface area contributed by atoms with Crippen molar-refractivity contribution in [3.05, 3.63) is 125 Å². The molecule has 0 radical (unpaired) electrons. The highest BCUT2D eigenvalue weighted by molar-refractivity contribution is 5.87. The topological polar surface area (TPSA) is 52.0 Å². The van der Waals surface area contributed by atoms with Gasteiger partial charge >= 0.3 is 0 Å². The number of hydrogen-bond acceptors (Lipinski definition) is 2. The highest BCUT2D eigenvalue weighted by atomic mass is 14.6. The van der Waals surface area contributed by atoms with Gasteiger partial charge in [-0.1, -0.05) is 78.9 Å². The molecule has 4 rings (SSSR count). The molecule has 0 amide bonds. The number of nitrogen functional groups attached to an aromatic ring is 1. The molecule has 0 fully saturated rings. The van der Waals surface area contributed by atoms with Crippen LogP contribution in [-0.4, -0.2) is 0 Å². The van der Waals surface area contributed by atoms with Crippen LogP contribution in [-0.2, 0) is 5.41 Å². The third-order valence-electron chi connectivity index (χ3n) is 5.67. The van der Waals surface area contributed by atoms with Gasteiger partial charge in [-0.3, -0.25) is 0 Å². The third kappa shape index (κ3) is 2.89. The van der Waals surface area contributed by atoms with Crippen molar-refractivity contribution in [2.75, 3.05) is 5.73 Å². The molecule has 0 aromatic heterocycles. The van der Waals surface area contributed by atoms with E-state index >= 15 is 0 Å². The molecule has 1 aliphatic carbocycles. The second-order valence-corrected chi connectivity index (χ2v) is 7.73. The Hall–Kier alpha value is -3.52. The first-order valence-electron chi connectivity index (χ1n) is 9.82. The first kappa shape index (κ1) is 18.8.